The third-order valence-corrected chi connectivity index (χ3v) is 2.89. The number of nitrogens with one attached hydrogen (secondary N) is 1. The quantitative estimate of drug-likeness (QED) is 0.609. The van der Waals surface area contributed by atoms with Gasteiger partial charge < -0.3 is 10.4 Å². The Kier molecular flexibility index (Phi) is 5.45. The zero-order chi connectivity index (χ0) is 10.4. The molecule has 2 N–H and O–H groups in total. The molecule has 0 saturated heterocycles. The lowest BCUT2D eigenvalue weighted by Crippen LogP contribution is -2.42. The second kappa shape index (κ2) is 6.38. The van der Waals surface area contributed by atoms with Gasteiger partial charge in [-0.05, 0) is 32.4 Å². The number of likely N-dealkylation sites (N-methyl/N-ethyl adjacent to an activating group) is 2. The van der Waals surface area contributed by atoms with E-state index in [2.05, 4.69) is 24.1 Å². The first-order valence-electron chi connectivity index (χ1n) is 5.90. The van der Waals surface area contributed by atoms with Gasteiger partial charge in [-0.2, -0.15) is 0 Å². The van der Waals surface area contributed by atoms with Crippen molar-refractivity contribution in [3.05, 3.63) is 0 Å². The van der Waals surface area contributed by atoms with E-state index in [1.807, 2.05) is 0 Å². The predicted molar refractivity (Wildman–Crippen MR) is 59.4 cm³/mol. The van der Waals surface area contributed by atoms with E-state index in [0.717, 1.165) is 32.1 Å². The molecule has 0 aromatic heterocycles. The maximum atomic E-state index is 8.94. The van der Waals surface area contributed by atoms with E-state index in [1.165, 1.54) is 12.8 Å². The topological polar surface area (TPSA) is 35.5 Å². The maximum Gasteiger partial charge on any atom is 0.0446 e. The van der Waals surface area contributed by atoms with Crippen LogP contribution in [0.25, 0.3) is 0 Å². The minimum atomic E-state index is 0.292. The Morgan fingerprint density at radius 1 is 1.43 bits per heavy atom. The minimum Gasteiger partial charge on any atom is -0.396 e. The number of aliphatic hydroxyl groups excluding tert-OH is 1. The van der Waals surface area contributed by atoms with Gasteiger partial charge in [-0.15, -0.1) is 0 Å². The molecule has 0 heterocycles. The molecule has 14 heavy (non-hydrogen) atoms. The van der Waals surface area contributed by atoms with Crippen molar-refractivity contribution in [1.29, 1.82) is 0 Å². The van der Waals surface area contributed by atoms with Gasteiger partial charge in [0.1, 0.15) is 0 Å². The number of rotatable bonds is 8. The lowest BCUT2D eigenvalue weighted by Gasteiger charge is -2.26. The summed E-state index contributed by atoms with van der Waals surface area (Å²) in [5.74, 6) is 0. The highest BCUT2D eigenvalue weighted by Crippen LogP contribution is 2.26. The Balaban J connectivity index is 2.27. The Labute approximate surface area is 87.5 Å². The lowest BCUT2D eigenvalue weighted by atomic mass is 10.2. The van der Waals surface area contributed by atoms with Crippen LogP contribution in [0.15, 0.2) is 0 Å². The summed E-state index contributed by atoms with van der Waals surface area (Å²) in [6.07, 6.45) is 3.61. The summed E-state index contributed by atoms with van der Waals surface area (Å²) >= 11 is 0. The molecular formula is C11H24N2O. The molecule has 1 fully saturated rings. The standard InChI is InChI=1S/C11H24N2O/c1-3-12-10(7-8-14)9-13(4-2)11-5-6-11/h10-12,14H,3-9H2,1-2H3. The highest BCUT2D eigenvalue weighted by atomic mass is 16.3. The van der Waals surface area contributed by atoms with Crippen molar-refractivity contribution >= 4 is 0 Å². The highest BCUT2D eigenvalue weighted by molar-refractivity contribution is 4.86. The van der Waals surface area contributed by atoms with E-state index in [9.17, 15) is 0 Å². The molecule has 0 spiro atoms. The number of hydrogen-bond donors (Lipinski definition) is 2. The van der Waals surface area contributed by atoms with Crippen molar-refractivity contribution < 1.29 is 5.11 Å². The second-order valence-electron chi connectivity index (χ2n) is 4.09. The first-order valence-corrected chi connectivity index (χ1v) is 5.90. The van der Waals surface area contributed by atoms with Gasteiger partial charge >= 0.3 is 0 Å². The molecule has 1 saturated carbocycles. The van der Waals surface area contributed by atoms with Gasteiger partial charge in [0, 0.05) is 25.2 Å². The minimum absolute atomic E-state index is 0.292. The lowest BCUT2D eigenvalue weighted by molar-refractivity contribution is 0.208. The summed E-state index contributed by atoms with van der Waals surface area (Å²) in [5, 5.41) is 12.4. The van der Waals surface area contributed by atoms with Gasteiger partial charge in [0.05, 0.1) is 0 Å². The van der Waals surface area contributed by atoms with Gasteiger partial charge in [0.15, 0.2) is 0 Å². The van der Waals surface area contributed by atoms with Gasteiger partial charge in [-0.3, -0.25) is 4.90 Å². The maximum absolute atomic E-state index is 8.94. The van der Waals surface area contributed by atoms with E-state index >= 15 is 0 Å². The van der Waals surface area contributed by atoms with Crippen molar-refractivity contribution in [2.75, 3.05) is 26.2 Å². The molecule has 0 aromatic rings. The van der Waals surface area contributed by atoms with Crippen molar-refractivity contribution in [2.24, 2.45) is 0 Å². The van der Waals surface area contributed by atoms with Gasteiger partial charge in [-0.1, -0.05) is 13.8 Å². The molecule has 0 aliphatic heterocycles. The molecule has 3 nitrogen and oxygen atoms in total. The predicted octanol–water partition coefficient (Wildman–Crippen LogP) is 0.831. The van der Waals surface area contributed by atoms with Crippen LogP contribution in [0.1, 0.15) is 33.1 Å². The largest absolute Gasteiger partial charge is 0.396 e. The molecule has 84 valence electrons. The summed E-state index contributed by atoms with van der Waals surface area (Å²) in [6.45, 7) is 7.86. The molecule has 0 bridgehead atoms. The smallest absolute Gasteiger partial charge is 0.0446 e. The van der Waals surface area contributed by atoms with Crippen LogP contribution in [0.5, 0.6) is 0 Å². The van der Waals surface area contributed by atoms with E-state index in [4.69, 9.17) is 5.11 Å². The number of aliphatic hydroxyl groups is 1. The van der Waals surface area contributed by atoms with E-state index in [1.54, 1.807) is 0 Å². The molecule has 1 unspecified atom stereocenters. The van der Waals surface area contributed by atoms with E-state index in [0.29, 0.717) is 12.6 Å². The molecule has 0 aromatic carbocycles. The van der Waals surface area contributed by atoms with Gasteiger partial charge in [-0.25, -0.2) is 0 Å². The molecule has 1 atom stereocenters. The highest BCUT2D eigenvalue weighted by Gasteiger charge is 2.28. The zero-order valence-electron chi connectivity index (χ0n) is 9.50. The van der Waals surface area contributed by atoms with Crippen LogP contribution in [-0.2, 0) is 0 Å². The normalized spacial score (nSPS) is 18.9. The third kappa shape index (κ3) is 3.95. The van der Waals surface area contributed by atoms with Crippen LogP contribution >= 0.6 is 0 Å². The molecule has 1 aliphatic carbocycles. The van der Waals surface area contributed by atoms with Crippen molar-refractivity contribution in [1.82, 2.24) is 10.2 Å². The van der Waals surface area contributed by atoms with E-state index in [-0.39, 0.29) is 0 Å². The van der Waals surface area contributed by atoms with Crippen molar-refractivity contribution in [2.45, 2.75) is 45.2 Å². The third-order valence-electron chi connectivity index (χ3n) is 2.89. The summed E-state index contributed by atoms with van der Waals surface area (Å²) < 4.78 is 0. The Morgan fingerprint density at radius 2 is 2.14 bits per heavy atom. The summed E-state index contributed by atoms with van der Waals surface area (Å²) in [4.78, 5) is 2.53. The van der Waals surface area contributed by atoms with E-state index < -0.39 is 0 Å². The Morgan fingerprint density at radius 3 is 2.57 bits per heavy atom. The first-order chi connectivity index (χ1) is 6.81. The van der Waals surface area contributed by atoms with Crippen molar-refractivity contribution in [3.63, 3.8) is 0 Å². The van der Waals surface area contributed by atoms with Crippen LogP contribution in [0.2, 0.25) is 0 Å². The first kappa shape index (κ1) is 12.0. The summed E-state index contributed by atoms with van der Waals surface area (Å²) in [5.41, 5.74) is 0. The molecule has 3 heteroatoms. The summed E-state index contributed by atoms with van der Waals surface area (Å²) in [6, 6.07) is 1.30. The van der Waals surface area contributed by atoms with Crippen LogP contribution < -0.4 is 5.32 Å². The molecular weight excluding hydrogens is 176 g/mol. The molecule has 1 aliphatic rings. The zero-order valence-corrected chi connectivity index (χ0v) is 9.50. The Hall–Kier alpha value is -0.120. The molecule has 0 radical (unpaired) electrons. The number of hydrogen-bond acceptors (Lipinski definition) is 3. The molecule has 0 amide bonds. The SMILES string of the molecule is CCNC(CCO)CN(CC)C1CC1. The second-order valence-corrected chi connectivity index (χ2v) is 4.09. The van der Waals surface area contributed by atoms with Crippen LogP contribution in [-0.4, -0.2) is 48.3 Å². The summed E-state index contributed by atoms with van der Waals surface area (Å²) in [7, 11) is 0. The fraction of sp³-hybridized carbons (Fsp3) is 1.00. The van der Waals surface area contributed by atoms with Gasteiger partial charge in [0.25, 0.3) is 0 Å². The fourth-order valence-corrected chi connectivity index (χ4v) is 1.96. The Bertz CT molecular complexity index is 142. The van der Waals surface area contributed by atoms with Crippen LogP contribution in [0.3, 0.4) is 0 Å². The van der Waals surface area contributed by atoms with Gasteiger partial charge in [0.2, 0.25) is 0 Å². The average Bonchev–Trinajstić information content (AvgIpc) is 2.98. The fourth-order valence-electron chi connectivity index (χ4n) is 1.96. The molecule has 1 rings (SSSR count). The van der Waals surface area contributed by atoms with Crippen LogP contribution in [0.4, 0.5) is 0 Å². The van der Waals surface area contributed by atoms with Crippen molar-refractivity contribution in [3.8, 4) is 0 Å². The monoisotopic (exact) mass is 200 g/mol. The average molecular weight is 200 g/mol. The van der Waals surface area contributed by atoms with Crippen LogP contribution in [0, 0.1) is 0 Å². The number of nitrogens with zero attached hydrogens (tertiary/aromatic N) is 1.